The fourth-order valence-electron chi connectivity index (χ4n) is 2.28. The van der Waals surface area contributed by atoms with Gasteiger partial charge in [-0.15, -0.1) is 0 Å². The average molecular weight is 302 g/mol. The number of ether oxygens (including phenoxy) is 3. The van der Waals surface area contributed by atoms with Gasteiger partial charge in [-0.3, -0.25) is 4.79 Å². The van der Waals surface area contributed by atoms with E-state index in [-0.39, 0.29) is 0 Å². The summed E-state index contributed by atoms with van der Waals surface area (Å²) < 4.78 is 16.2. The van der Waals surface area contributed by atoms with Crippen molar-refractivity contribution in [2.45, 2.75) is 46.0 Å². The second-order valence-corrected chi connectivity index (χ2v) is 5.94. The van der Waals surface area contributed by atoms with Crippen LogP contribution in [0, 0.1) is 11.3 Å². The van der Waals surface area contributed by atoms with E-state index in [1.807, 2.05) is 6.92 Å². The molecular weight excluding hydrogens is 272 g/mol. The molecular formula is C16H30O5. The molecule has 0 aliphatic heterocycles. The van der Waals surface area contributed by atoms with E-state index >= 15 is 0 Å². The number of unbranched alkanes of at least 4 members (excludes halogenated alkanes) is 1. The Kier molecular flexibility index (Phi) is 8.88. The lowest BCUT2D eigenvalue weighted by Gasteiger charge is -2.24. The summed E-state index contributed by atoms with van der Waals surface area (Å²) in [5, 5.41) is 9.31. The molecule has 1 atom stereocenters. The minimum absolute atomic E-state index is 0.329. The first-order chi connectivity index (χ1) is 10.1. The van der Waals surface area contributed by atoms with Crippen molar-refractivity contribution in [3.8, 4) is 0 Å². The van der Waals surface area contributed by atoms with E-state index in [1.54, 1.807) is 0 Å². The molecule has 1 aliphatic carbocycles. The Morgan fingerprint density at radius 2 is 1.57 bits per heavy atom. The van der Waals surface area contributed by atoms with Crippen LogP contribution in [-0.2, 0) is 19.0 Å². The van der Waals surface area contributed by atoms with Crippen molar-refractivity contribution in [2.24, 2.45) is 11.3 Å². The smallest absolute Gasteiger partial charge is 0.309 e. The van der Waals surface area contributed by atoms with Crippen molar-refractivity contribution in [1.82, 2.24) is 0 Å². The van der Waals surface area contributed by atoms with Gasteiger partial charge < -0.3 is 19.3 Å². The molecule has 0 radical (unpaired) electrons. The highest BCUT2D eigenvalue weighted by atomic mass is 16.5. The number of carboxylic acid groups (broad SMARTS) is 1. The number of carboxylic acids is 1. The van der Waals surface area contributed by atoms with Crippen LogP contribution in [0.1, 0.15) is 46.0 Å². The largest absolute Gasteiger partial charge is 0.481 e. The highest BCUT2D eigenvalue weighted by Crippen LogP contribution is 2.47. The maximum Gasteiger partial charge on any atom is 0.309 e. The Hall–Kier alpha value is -0.650. The number of hydrogen-bond acceptors (Lipinski definition) is 4. The van der Waals surface area contributed by atoms with Crippen molar-refractivity contribution < 1.29 is 24.1 Å². The lowest BCUT2D eigenvalue weighted by molar-refractivity contribution is -0.150. The van der Waals surface area contributed by atoms with Gasteiger partial charge in [-0.25, -0.2) is 0 Å². The monoisotopic (exact) mass is 302 g/mol. The third kappa shape index (κ3) is 7.25. The van der Waals surface area contributed by atoms with Gasteiger partial charge in [0.1, 0.15) is 0 Å². The predicted molar refractivity (Wildman–Crippen MR) is 80.4 cm³/mol. The highest BCUT2D eigenvalue weighted by Gasteiger charge is 2.46. The molecule has 1 saturated carbocycles. The molecule has 0 spiro atoms. The fraction of sp³-hybridized carbons (Fsp3) is 0.938. The summed E-state index contributed by atoms with van der Waals surface area (Å²) in [6.45, 7) is 7.50. The second kappa shape index (κ2) is 10.1. The molecule has 0 heterocycles. The molecule has 1 unspecified atom stereocenters. The van der Waals surface area contributed by atoms with Gasteiger partial charge in [0.2, 0.25) is 0 Å². The van der Waals surface area contributed by atoms with Gasteiger partial charge in [0, 0.05) is 13.2 Å². The van der Waals surface area contributed by atoms with Gasteiger partial charge in [-0.2, -0.15) is 0 Å². The predicted octanol–water partition coefficient (Wildman–Crippen LogP) is 2.73. The van der Waals surface area contributed by atoms with Gasteiger partial charge in [-0.05, 0) is 38.5 Å². The van der Waals surface area contributed by atoms with E-state index in [4.69, 9.17) is 14.2 Å². The van der Waals surface area contributed by atoms with E-state index in [0.29, 0.717) is 45.4 Å². The zero-order valence-electron chi connectivity index (χ0n) is 13.4. The van der Waals surface area contributed by atoms with Crippen molar-refractivity contribution >= 4 is 5.97 Å². The van der Waals surface area contributed by atoms with Gasteiger partial charge in [0.05, 0.1) is 31.8 Å². The Morgan fingerprint density at radius 3 is 2.05 bits per heavy atom. The minimum Gasteiger partial charge on any atom is -0.481 e. The minimum atomic E-state index is -0.700. The maximum atomic E-state index is 11.3. The van der Waals surface area contributed by atoms with Gasteiger partial charge in [0.25, 0.3) is 0 Å². The zero-order valence-corrected chi connectivity index (χ0v) is 13.4. The zero-order chi connectivity index (χ0) is 15.6. The Balaban J connectivity index is 1.91. The summed E-state index contributed by atoms with van der Waals surface area (Å²) in [4.78, 5) is 11.3. The number of aliphatic carboxylic acids is 1. The summed E-state index contributed by atoms with van der Waals surface area (Å²) in [7, 11) is 0. The van der Waals surface area contributed by atoms with E-state index in [0.717, 1.165) is 32.3 Å². The van der Waals surface area contributed by atoms with Crippen LogP contribution >= 0.6 is 0 Å². The molecule has 1 aliphatic rings. The molecule has 0 aromatic carbocycles. The first-order valence-electron chi connectivity index (χ1n) is 8.08. The lowest BCUT2D eigenvalue weighted by atomic mass is 9.82. The van der Waals surface area contributed by atoms with Crippen LogP contribution in [0.4, 0.5) is 0 Å². The summed E-state index contributed by atoms with van der Waals surface area (Å²) in [5.41, 5.74) is -0.617. The summed E-state index contributed by atoms with van der Waals surface area (Å²) in [6, 6.07) is 0. The van der Waals surface area contributed by atoms with Crippen LogP contribution in [0.2, 0.25) is 0 Å². The van der Waals surface area contributed by atoms with Crippen LogP contribution < -0.4 is 0 Å². The number of hydrogen-bond donors (Lipinski definition) is 1. The van der Waals surface area contributed by atoms with Gasteiger partial charge >= 0.3 is 5.97 Å². The first-order valence-corrected chi connectivity index (χ1v) is 8.08. The van der Waals surface area contributed by atoms with Crippen LogP contribution in [-0.4, -0.2) is 50.7 Å². The molecule has 1 fully saturated rings. The molecule has 0 bridgehead atoms. The SMILES string of the molecule is CCCCOCCOCCOCCC(C)(C(=O)O)C1CC1. The number of carbonyl (C=O) groups is 1. The second-order valence-electron chi connectivity index (χ2n) is 5.94. The lowest BCUT2D eigenvalue weighted by Crippen LogP contribution is -2.31. The van der Waals surface area contributed by atoms with E-state index in [9.17, 15) is 9.90 Å². The van der Waals surface area contributed by atoms with Gasteiger partial charge in [-0.1, -0.05) is 13.3 Å². The van der Waals surface area contributed by atoms with Crippen LogP contribution in [0.3, 0.4) is 0 Å². The van der Waals surface area contributed by atoms with E-state index in [1.165, 1.54) is 0 Å². The van der Waals surface area contributed by atoms with Crippen molar-refractivity contribution in [3.63, 3.8) is 0 Å². The summed E-state index contributed by atoms with van der Waals surface area (Å²) in [5.74, 6) is -0.371. The van der Waals surface area contributed by atoms with Crippen molar-refractivity contribution in [3.05, 3.63) is 0 Å². The normalized spacial score (nSPS) is 17.6. The summed E-state index contributed by atoms with van der Waals surface area (Å²) in [6.07, 6.45) is 4.87. The summed E-state index contributed by atoms with van der Waals surface area (Å²) >= 11 is 0. The first kappa shape index (κ1) is 18.4. The average Bonchev–Trinajstić information content (AvgIpc) is 3.29. The highest BCUT2D eigenvalue weighted by molar-refractivity contribution is 5.75. The molecule has 124 valence electrons. The maximum absolute atomic E-state index is 11.3. The van der Waals surface area contributed by atoms with Crippen molar-refractivity contribution in [1.29, 1.82) is 0 Å². The molecule has 0 amide bonds. The van der Waals surface area contributed by atoms with Gasteiger partial charge in [0.15, 0.2) is 0 Å². The Morgan fingerprint density at radius 1 is 1.05 bits per heavy atom. The van der Waals surface area contributed by atoms with Crippen LogP contribution in [0.25, 0.3) is 0 Å². The van der Waals surface area contributed by atoms with Crippen LogP contribution in [0.15, 0.2) is 0 Å². The molecule has 0 aromatic rings. The molecule has 0 saturated heterocycles. The quantitative estimate of drug-likeness (QED) is 0.500. The third-order valence-corrected chi connectivity index (χ3v) is 4.12. The topological polar surface area (TPSA) is 65.0 Å². The molecule has 1 rings (SSSR count). The van der Waals surface area contributed by atoms with Crippen molar-refractivity contribution in [2.75, 3.05) is 39.6 Å². The van der Waals surface area contributed by atoms with Crippen LogP contribution in [0.5, 0.6) is 0 Å². The molecule has 21 heavy (non-hydrogen) atoms. The Bertz CT molecular complexity index is 290. The Labute approximate surface area is 128 Å². The van der Waals surface area contributed by atoms with E-state index < -0.39 is 11.4 Å². The molecule has 0 aromatic heterocycles. The third-order valence-electron chi connectivity index (χ3n) is 4.12. The molecule has 5 nitrogen and oxygen atoms in total. The molecule has 1 N–H and O–H groups in total. The standard InChI is InChI=1S/C16H30O5/c1-3-4-8-19-10-12-21-13-11-20-9-7-16(2,15(17)18)14-5-6-14/h14H,3-13H2,1-2H3,(H,17,18). The molecule has 5 heteroatoms. The fourth-order valence-corrected chi connectivity index (χ4v) is 2.28. The number of rotatable bonds is 14. The van der Waals surface area contributed by atoms with E-state index in [2.05, 4.69) is 6.92 Å².